The number of hydrogen-bond donors (Lipinski definition) is 2. The summed E-state index contributed by atoms with van der Waals surface area (Å²) in [5.74, 6) is -0.115. The standard InChI is InChI=1S/C13H18Cl2N2O/c1-2-3-4-7-16-9-13(18)17-12-8-10(14)5-6-11(12)15/h5-6,8,16H,2-4,7,9H2,1H3,(H,17,18). The average Bonchev–Trinajstić information content (AvgIpc) is 2.33. The lowest BCUT2D eigenvalue weighted by molar-refractivity contribution is -0.115. The largest absolute Gasteiger partial charge is 0.324 e. The molecule has 0 aliphatic rings. The number of amides is 1. The normalized spacial score (nSPS) is 10.4. The van der Waals surface area contributed by atoms with Crippen molar-refractivity contribution in [2.24, 2.45) is 0 Å². The van der Waals surface area contributed by atoms with Gasteiger partial charge < -0.3 is 10.6 Å². The SMILES string of the molecule is CCCCCNCC(=O)Nc1cc(Cl)ccc1Cl. The van der Waals surface area contributed by atoms with E-state index in [0.29, 0.717) is 15.7 Å². The van der Waals surface area contributed by atoms with Crippen LogP contribution >= 0.6 is 23.2 Å². The number of carbonyl (C=O) groups is 1. The highest BCUT2D eigenvalue weighted by Crippen LogP contribution is 2.25. The molecular formula is C13H18Cl2N2O. The Morgan fingerprint density at radius 3 is 2.78 bits per heavy atom. The van der Waals surface area contributed by atoms with Gasteiger partial charge >= 0.3 is 0 Å². The van der Waals surface area contributed by atoms with E-state index in [1.807, 2.05) is 0 Å². The van der Waals surface area contributed by atoms with Crippen LogP contribution in [-0.4, -0.2) is 19.0 Å². The molecule has 0 spiro atoms. The molecule has 0 aliphatic carbocycles. The van der Waals surface area contributed by atoms with E-state index in [2.05, 4.69) is 17.6 Å². The van der Waals surface area contributed by atoms with Gasteiger partial charge in [0.25, 0.3) is 0 Å². The number of hydrogen-bond acceptors (Lipinski definition) is 2. The summed E-state index contributed by atoms with van der Waals surface area (Å²) in [5, 5.41) is 6.84. The Labute approximate surface area is 118 Å². The number of rotatable bonds is 7. The van der Waals surface area contributed by atoms with Crippen molar-refractivity contribution in [1.82, 2.24) is 5.32 Å². The van der Waals surface area contributed by atoms with Crippen molar-refractivity contribution >= 4 is 34.8 Å². The number of benzene rings is 1. The molecule has 0 saturated heterocycles. The molecule has 1 aromatic carbocycles. The summed E-state index contributed by atoms with van der Waals surface area (Å²) < 4.78 is 0. The number of halogens is 2. The number of carbonyl (C=O) groups excluding carboxylic acids is 1. The lowest BCUT2D eigenvalue weighted by atomic mass is 10.2. The summed E-state index contributed by atoms with van der Waals surface area (Å²) in [6.45, 7) is 3.28. The molecule has 0 atom stereocenters. The maximum Gasteiger partial charge on any atom is 0.238 e. The Morgan fingerprint density at radius 2 is 2.06 bits per heavy atom. The molecule has 0 saturated carbocycles. The highest BCUT2D eigenvalue weighted by Gasteiger charge is 2.05. The molecule has 0 bridgehead atoms. The minimum Gasteiger partial charge on any atom is -0.324 e. The van der Waals surface area contributed by atoms with E-state index in [4.69, 9.17) is 23.2 Å². The van der Waals surface area contributed by atoms with Crippen molar-refractivity contribution in [1.29, 1.82) is 0 Å². The van der Waals surface area contributed by atoms with Crippen molar-refractivity contribution in [3.8, 4) is 0 Å². The van der Waals surface area contributed by atoms with E-state index in [-0.39, 0.29) is 12.5 Å². The summed E-state index contributed by atoms with van der Waals surface area (Å²) >= 11 is 11.8. The van der Waals surface area contributed by atoms with Crippen molar-refractivity contribution < 1.29 is 4.79 Å². The molecule has 0 unspecified atom stereocenters. The quantitative estimate of drug-likeness (QED) is 0.751. The molecule has 100 valence electrons. The second-order valence-corrected chi connectivity index (χ2v) is 4.90. The molecule has 1 rings (SSSR count). The molecule has 0 aromatic heterocycles. The van der Waals surface area contributed by atoms with E-state index in [1.165, 1.54) is 12.8 Å². The fourth-order valence-electron chi connectivity index (χ4n) is 1.49. The van der Waals surface area contributed by atoms with Gasteiger partial charge in [-0.25, -0.2) is 0 Å². The van der Waals surface area contributed by atoms with Crippen LogP contribution in [0, 0.1) is 0 Å². The van der Waals surface area contributed by atoms with Crippen LogP contribution in [0.3, 0.4) is 0 Å². The zero-order valence-corrected chi connectivity index (χ0v) is 11.9. The number of anilines is 1. The minimum atomic E-state index is -0.115. The van der Waals surface area contributed by atoms with Crippen molar-refractivity contribution in [3.63, 3.8) is 0 Å². The predicted molar refractivity (Wildman–Crippen MR) is 77.5 cm³/mol. The lowest BCUT2D eigenvalue weighted by Crippen LogP contribution is -2.28. The zero-order valence-electron chi connectivity index (χ0n) is 10.4. The van der Waals surface area contributed by atoms with Crippen LogP contribution < -0.4 is 10.6 Å². The first-order valence-electron chi connectivity index (χ1n) is 6.09. The van der Waals surface area contributed by atoms with Crippen LogP contribution in [0.25, 0.3) is 0 Å². The van der Waals surface area contributed by atoms with E-state index in [0.717, 1.165) is 13.0 Å². The van der Waals surface area contributed by atoms with Gasteiger partial charge in [-0.15, -0.1) is 0 Å². The first-order chi connectivity index (χ1) is 8.63. The van der Waals surface area contributed by atoms with E-state index in [9.17, 15) is 4.79 Å². The Balaban J connectivity index is 2.33. The Kier molecular flexibility index (Phi) is 7.09. The van der Waals surface area contributed by atoms with Crippen LogP contribution in [0.2, 0.25) is 10.0 Å². The van der Waals surface area contributed by atoms with Crippen molar-refractivity contribution in [2.45, 2.75) is 26.2 Å². The van der Waals surface area contributed by atoms with Crippen molar-refractivity contribution in [3.05, 3.63) is 28.2 Å². The second-order valence-electron chi connectivity index (χ2n) is 4.06. The second kappa shape index (κ2) is 8.35. The summed E-state index contributed by atoms with van der Waals surface area (Å²) in [4.78, 5) is 11.6. The molecule has 1 amide bonds. The number of unbranched alkanes of at least 4 members (excludes halogenated alkanes) is 2. The Morgan fingerprint density at radius 1 is 1.28 bits per heavy atom. The fraction of sp³-hybridized carbons (Fsp3) is 0.462. The highest BCUT2D eigenvalue weighted by molar-refractivity contribution is 6.35. The molecule has 3 nitrogen and oxygen atoms in total. The average molecular weight is 289 g/mol. The van der Waals surface area contributed by atoms with Crippen LogP contribution in [-0.2, 0) is 4.79 Å². The minimum absolute atomic E-state index is 0.115. The van der Waals surface area contributed by atoms with Crippen molar-refractivity contribution in [2.75, 3.05) is 18.4 Å². The first-order valence-corrected chi connectivity index (χ1v) is 6.84. The third-order valence-corrected chi connectivity index (χ3v) is 3.01. The third-order valence-electron chi connectivity index (χ3n) is 2.45. The van der Waals surface area contributed by atoms with Gasteiger partial charge in [0.05, 0.1) is 17.3 Å². The molecule has 0 heterocycles. The molecule has 0 radical (unpaired) electrons. The highest BCUT2D eigenvalue weighted by atomic mass is 35.5. The summed E-state index contributed by atoms with van der Waals surface area (Å²) in [7, 11) is 0. The van der Waals surface area contributed by atoms with E-state index < -0.39 is 0 Å². The van der Waals surface area contributed by atoms with Gasteiger partial charge in [-0.3, -0.25) is 4.79 Å². The lowest BCUT2D eigenvalue weighted by Gasteiger charge is -2.08. The van der Waals surface area contributed by atoms with Gasteiger partial charge in [0.1, 0.15) is 0 Å². The summed E-state index contributed by atoms with van der Waals surface area (Å²) in [6, 6.07) is 4.98. The third kappa shape index (κ3) is 5.71. The van der Waals surface area contributed by atoms with Crippen LogP contribution in [0.4, 0.5) is 5.69 Å². The maximum absolute atomic E-state index is 11.6. The molecule has 0 fully saturated rings. The molecule has 0 aliphatic heterocycles. The van der Waals surface area contributed by atoms with Gasteiger partial charge in [0.15, 0.2) is 0 Å². The van der Waals surface area contributed by atoms with E-state index >= 15 is 0 Å². The van der Waals surface area contributed by atoms with Crippen LogP contribution in [0.1, 0.15) is 26.2 Å². The van der Waals surface area contributed by atoms with Gasteiger partial charge in [0, 0.05) is 5.02 Å². The Hall–Kier alpha value is -0.770. The fourth-order valence-corrected chi connectivity index (χ4v) is 1.83. The summed E-state index contributed by atoms with van der Waals surface area (Å²) in [6.07, 6.45) is 3.43. The first kappa shape index (κ1) is 15.3. The van der Waals surface area contributed by atoms with Gasteiger partial charge in [-0.05, 0) is 31.2 Å². The van der Waals surface area contributed by atoms with Gasteiger partial charge in [0.2, 0.25) is 5.91 Å². The molecule has 2 N–H and O–H groups in total. The van der Waals surface area contributed by atoms with E-state index in [1.54, 1.807) is 18.2 Å². The number of nitrogens with one attached hydrogen (secondary N) is 2. The van der Waals surface area contributed by atoms with Gasteiger partial charge in [-0.1, -0.05) is 43.0 Å². The van der Waals surface area contributed by atoms with Crippen LogP contribution in [0.5, 0.6) is 0 Å². The van der Waals surface area contributed by atoms with Crippen LogP contribution in [0.15, 0.2) is 18.2 Å². The zero-order chi connectivity index (χ0) is 13.4. The Bertz CT molecular complexity index is 397. The van der Waals surface area contributed by atoms with Gasteiger partial charge in [-0.2, -0.15) is 0 Å². The molecule has 5 heteroatoms. The summed E-state index contributed by atoms with van der Waals surface area (Å²) in [5.41, 5.74) is 0.546. The topological polar surface area (TPSA) is 41.1 Å². The monoisotopic (exact) mass is 288 g/mol. The molecular weight excluding hydrogens is 271 g/mol. The predicted octanol–water partition coefficient (Wildman–Crippen LogP) is 3.71. The molecule has 1 aromatic rings. The smallest absolute Gasteiger partial charge is 0.238 e. The maximum atomic E-state index is 11.6. The molecule has 18 heavy (non-hydrogen) atoms.